The van der Waals surface area contributed by atoms with Gasteiger partial charge in [0.15, 0.2) is 0 Å². The molecule has 7 aromatic rings. The molecule has 1 saturated carbocycles. The van der Waals surface area contributed by atoms with Crippen LogP contribution in [-0.2, 0) is 0 Å². The van der Waals surface area contributed by atoms with E-state index in [-0.39, 0.29) is 0 Å². The van der Waals surface area contributed by atoms with Crippen molar-refractivity contribution in [2.75, 3.05) is 0 Å². The first-order valence-electron chi connectivity index (χ1n) is 18.1. The maximum Gasteiger partial charge on any atom is 0.0124 e. The normalized spacial score (nSPS) is 16.7. The molecule has 0 heteroatoms. The predicted molar refractivity (Wildman–Crippen MR) is 218 cm³/mol. The van der Waals surface area contributed by atoms with Crippen LogP contribution in [0.5, 0.6) is 0 Å². The van der Waals surface area contributed by atoms with Crippen LogP contribution in [-0.4, -0.2) is 0 Å². The number of hydrogen-bond donors (Lipinski definition) is 0. The van der Waals surface area contributed by atoms with Gasteiger partial charge in [-0.3, -0.25) is 0 Å². The van der Waals surface area contributed by atoms with E-state index in [1.54, 1.807) is 0 Å². The van der Waals surface area contributed by atoms with E-state index in [1.807, 2.05) is 0 Å². The standard InChI is InChI=1S/C51H42/c1-35(36(2)49(41-25-15-7-16-26-41)51-37(3)50(51)42-27-17-8-18-28-42)43-29-31-46(47(33-43)39-21-11-5-12-22-39)44-30-32-45(38-19-9-4-10-20-38)48(34-44)40-23-13-6-14-24-40/h4-34,37,50H,1-3H3/b36-35+,51-49+. The maximum absolute atomic E-state index is 2.41. The van der Waals surface area contributed by atoms with Crippen LogP contribution in [0.1, 0.15) is 43.4 Å². The fourth-order valence-electron chi connectivity index (χ4n) is 7.84. The van der Waals surface area contributed by atoms with Crippen LogP contribution < -0.4 is 0 Å². The Hall–Kier alpha value is -5.98. The molecule has 1 aliphatic rings. The summed E-state index contributed by atoms with van der Waals surface area (Å²) in [6.07, 6.45) is 0. The molecular formula is C51H42. The van der Waals surface area contributed by atoms with E-state index in [2.05, 4.69) is 209 Å². The van der Waals surface area contributed by atoms with Crippen LogP contribution in [0.3, 0.4) is 0 Å². The monoisotopic (exact) mass is 654 g/mol. The summed E-state index contributed by atoms with van der Waals surface area (Å²) in [5, 5.41) is 0. The van der Waals surface area contributed by atoms with Crippen LogP contribution in [0.4, 0.5) is 0 Å². The van der Waals surface area contributed by atoms with Gasteiger partial charge in [0.25, 0.3) is 0 Å². The summed E-state index contributed by atoms with van der Waals surface area (Å²) in [5.74, 6) is 0.953. The van der Waals surface area contributed by atoms with Gasteiger partial charge in [0.05, 0.1) is 0 Å². The predicted octanol–water partition coefficient (Wildman–Crippen LogP) is 14.0. The molecule has 8 rings (SSSR count). The Labute approximate surface area is 303 Å². The Kier molecular flexibility index (Phi) is 8.91. The Balaban J connectivity index is 1.28. The first kappa shape index (κ1) is 32.2. The van der Waals surface area contributed by atoms with Crippen LogP contribution >= 0.6 is 0 Å². The second kappa shape index (κ2) is 14.1. The third kappa shape index (κ3) is 6.42. The van der Waals surface area contributed by atoms with Gasteiger partial charge in [-0.2, -0.15) is 0 Å². The third-order valence-electron chi connectivity index (χ3n) is 10.7. The highest BCUT2D eigenvalue weighted by atomic mass is 14.5. The zero-order chi connectivity index (χ0) is 34.7. The lowest BCUT2D eigenvalue weighted by molar-refractivity contribution is 0.920. The Bertz CT molecular complexity index is 2350. The highest BCUT2D eigenvalue weighted by Gasteiger charge is 2.44. The molecule has 7 aromatic carbocycles. The van der Waals surface area contributed by atoms with Gasteiger partial charge in [0, 0.05) is 5.92 Å². The van der Waals surface area contributed by atoms with Crippen molar-refractivity contribution in [1.29, 1.82) is 0 Å². The summed E-state index contributed by atoms with van der Waals surface area (Å²) < 4.78 is 0. The SMILES string of the molecule is CC(/C(=C1/C(C)C1c1ccccc1)c1ccccc1)=C(/C)c1ccc(-c2ccc(-c3ccccc3)c(-c3ccccc3)c2)c(-c2ccccc2)c1. The van der Waals surface area contributed by atoms with Crippen molar-refractivity contribution >= 4 is 11.1 Å². The van der Waals surface area contributed by atoms with Crippen LogP contribution in [0.25, 0.3) is 55.7 Å². The van der Waals surface area contributed by atoms with Crippen molar-refractivity contribution in [3.05, 3.63) is 216 Å². The van der Waals surface area contributed by atoms with Crippen LogP contribution in [0.15, 0.2) is 199 Å². The summed E-state index contributed by atoms with van der Waals surface area (Å²) in [6.45, 7) is 7.01. The molecular weight excluding hydrogens is 613 g/mol. The molecule has 0 spiro atoms. The molecule has 0 saturated heterocycles. The topological polar surface area (TPSA) is 0 Å². The zero-order valence-electron chi connectivity index (χ0n) is 29.6. The van der Waals surface area contributed by atoms with Gasteiger partial charge >= 0.3 is 0 Å². The second-order valence-corrected chi connectivity index (χ2v) is 13.7. The first-order valence-corrected chi connectivity index (χ1v) is 18.1. The third-order valence-corrected chi connectivity index (χ3v) is 10.7. The lowest BCUT2D eigenvalue weighted by Gasteiger charge is -2.18. The number of allylic oxidation sites excluding steroid dienone is 4. The molecule has 0 nitrogen and oxygen atoms in total. The van der Waals surface area contributed by atoms with E-state index in [9.17, 15) is 0 Å². The minimum atomic E-state index is 0.448. The van der Waals surface area contributed by atoms with Crippen molar-refractivity contribution < 1.29 is 0 Å². The molecule has 0 aliphatic heterocycles. The van der Waals surface area contributed by atoms with Gasteiger partial charge in [0.2, 0.25) is 0 Å². The van der Waals surface area contributed by atoms with E-state index >= 15 is 0 Å². The second-order valence-electron chi connectivity index (χ2n) is 13.7. The molecule has 0 radical (unpaired) electrons. The highest BCUT2D eigenvalue weighted by Crippen LogP contribution is 2.58. The number of rotatable bonds is 8. The van der Waals surface area contributed by atoms with Crippen molar-refractivity contribution in [3.8, 4) is 44.5 Å². The van der Waals surface area contributed by atoms with Gasteiger partial charge in [0.1, 0.15) is 0 Å². The molecule has 51 heavy (non-hydrogen) atoms. The van der Waals surface area contributed by atoms with Crippen molar-refractivity contribution in [2.45, 2.75) is 26.7 Å². The van der Waals surface area contributed by atoms with E-state index < -0.39 is 0 Å². The average molecular weight is 655 g/mol. The number of benzene rings is 7. The largest absolute Gasteiger partial charge is 0.0622 e. The average Bonchev–Trinajstić information content (AvgIpc) is 3.87. The molecule has 0 heterocycles. The maximum atomic E-state index is 2.41. The minimum Gasteiger partial charge on any atom is -0.0622 e. The molecule has 0 aromatic heterocycles. The van der Waals surface area contributed by atoms with Gasteiger partial charge < -0.3 is 0 Å². The number of hydrogen-bond acceptors (Lipinski definition) is 0. The molecule has 1 fully saturated rings. The van der Waals surface area contributed by atoms with Crippen molar-refractivity contribution in [1.82, 2.24) is 0 Å². The molecule has 0 amide bonds. The van der Waals surface area contributed by atoms with Gasteiger partial charge in [-0.15, -0.1) is 0 Å². The summed E-state index contributed by atoms with van der Waals surface area (Å²) in [5.41, 5.74) is 19.3. The highest BCUT2D eigenvalue weighted by molar-refractivity contribution is 5.95. The molecule has 2 atom stereocenters. The fourth-order valence-corrected chi connectivity index (χ4v) is 7.84. The molecule has 0 bridgehead atoms. The lowest BCUT2D eigenvalue weighted by atomic mass is 9.86. The van der Waals surface area contributed by atoms with Gasteiger partial charge in [-0.1, -0.05) is 188 Å². The Morgan fingerprint density at radius 1 is 0.392 bits per heavy atom. The van der Waals surface area contributed by atoms with Crippen molar-refractivity contribution in [2.24, 2.45) is 5.92 Å². The summed E-state index contributed by atoms with van der Waals surface area (Å²) in [7, 11) is 0. The van der Waals surface area contributed by atoms with E-state index in [1.165, 1.54) is 83.5 Å². The van der Waals surface area contributed by atoms with E-state index in [0.717, 1.165) is 0 Å². The summed E-state index contributed by atoms with van der Waals surface area (Å²) in [4.78, 5) is 0. The molecule has 0 N–H and O–H groups in total. The summed E-state index contributed by atoms with van der Waals surface area (Å²) in [6, 6.07) is 68.4. The van der Waals surface area contributed by atoms with Crippen molar-refractivity contribution in [3.63, 3.8) is 0 Å². The quantitative estimate of drug-likeness (QED) is 0.153. The smallest absolute Gasteiger partial charge is 0.0124 e. The molecule has 246 valence electrons. The molecule has 2 unspecified atom stereocenters. The fraction of sp³-hybridized carbons (Fsp3) is 0.0980. The molecule has 1 aliphatic carbocycles. The lowest BCUT2D eigenvalue weighted by Crippen LogP contribution is -1.95. The van der Waals surface area contributed by atoms with Gasteiger partial charge in [-0.05, 0) is 110 Å². The summed E-state index contributed by atoms with van der Waals surface area (Å²) >= 11 is 0. The van der Waals surface area contributed by atoms with Crippen LogP contribution in [0, 0.1) is 5.92 Å². The van der Waals surface area contributed by atoms with Gasteiger partial charge in [-0.25, -0.2) is 0 Å². The van der Waals surface area contributed by atoms with E-state index in [4.69, 9.17) is 0 Å². The first-order chi connectivity index (χ1) is 25.1. The van der Waals surface area contributed by atoms with Crippen LogP contribution in [0.2, 0.25) is 0 Å². The zero-order valence-corrected chi connectivity index (χ0v) is 29.6. The Morgan fingerprint density at radius 3 is 1.41 bits per heavy atom. The minimum absolute atomic E-state index is 0.448. The Morgan fingerprint density at radius 2 is 0.843 bits per heavy atom. The van der Waals surface area contributed by atoms with E-state index in [0.29, 0.717) is 11.8 Å².